The Morgan fingerprint density at radius 3 is 2.04 bits per heavy atom. The average Bonchev–Trinajstić information content (AvgIpc) is 2.67. The molecule has 0 aliphatic heterocycles. The molecular weight excluding hydrogens is 296 g/mol. The van der Waals surface area contributed by atoms with Gasteiger partial charge in [-0.2, -0.15) is 5.10 Å². The van der Waals surface area contributed by atoms with Gasteiger partial charge in [0.2, 0.25) is 0 Å². The Hall–Kier alpha value is -3.20. The van der Waals surface area contributed by atoms with Gasteiger partial charge >= 0.3 is 0 Å². The van der Waals surface area contributed by atoms with E-state index in [9.17, 15) is 4.79 Å². The Morgan fingerprint density at radius 2 is 1.38 bits per heavy atom. The molecule has 3 rings (SSSR count). The van der Waals surface area contributed by atoms with Crippen LogP contribution in [0.25, 0.3) is 11.1 Å². The molecule has 0 heterocycles. The van der Waals surface area contributed by atoms with Gasteiger partial charge in [0.1, 0.15) is 0 Å². The molecule has 0 saturated heterocycles. The number of rotatable bonds is 5. The quantitative estimate of drug-likeness (QED) is 0.553. The Morgan fingerprint density at radius 1 is 0.792 bits per heavy atom. The highest BCUT2D eigenvalue weighted by atomic mass is 16.2. The molecular formula is C21H18N2O. The van der Waals surface area contributed by atoms with Gasteiger partial charge in [-0.25, -0.2) is 5.43 Å². The van der Waals surface area contributed by atoms with Crippen molar-refractivity contribution < 1.29 is 4.79 Å². The topological polar surface area (TPSA) is 41.5 Å². The highest BCUT2D eigenvalue weighted by Gasteiger charge is 2.04. The van der Waals surface area contributed by atoms with Gasteiger partial charge in [0.25, 0.3) is 5.91 Å². The molecule has 3 heteroatoms. The van der Waals surface area contributed by atoms with Crippen molar-refractivity contribution in [1.29, 1.82) is 0 Å². The third kappa shape index (κ3) is 4.17. The van der Waals surface area contributed by atoms with Gasteiger partial charge in [-0.05, 0) is 28.8 Å². The van der Waals surface area contributed by atoms with Crippen molar-refractivity contribution >= 4 is 12.1 Å². The van der Waals surface area contributed by atoms with E-state index in [4.69, 9.17) is 0 Å². The molecule has 0 atom stereocenters. The Kier molecular flexibility index (Phi) is 5.15. The maximum absolute atomic E-state index is 12.1. The third-order valence-corrected chi connectivity index (χ3v) is 3.68. The molecule has 1 amide bonds. The molecule has 0 spiro atoms. The number of hydrogen-bond donors (Lipinski definition) is 1. The summed E-state index contributed by atoms with van der Waals surface area (Å²) in [5.74, 6) is -0.209. The van der Waals surface area contributed by atoms with E-state index in [1.165, 1.54) is 0 Å². The Bertz CT molecular complexity index is 809. The zero-order valence-corrected chi connectivity index (χ0v) is 13.2. The smallest absolute Gasteiger partial charge is 0.267 e. The van der Waals surface area contributed by atoms with E-state index in [1.54, 1.807) is 6.21 Å². The summed E-state index contributed by atoms with van der Waals surface area (Å²) in [7, 11) is 0. The van der Waals surface area contributed by atoms with Gasteiger partial charge in [0.15, 0.2) is 0 Å². The fraction of sp³-hybridized carbons (Fsp3) is 0.0476. The molecule has 0 fully saturated rings. The minimum absolute atomic E-state index is 0.209. The lowest BCUT2D eigenvalue weighted by Gasteiger charge is -2.03. The monoisotopic (exact) mass is 314 g/mol. The summed E-state index contributed by atoms with van der Waals surface area (Å²) in [4.78, 5) is 12.1. The van der Waals surface area contributed by atoms with Crippen LogP contribution in [0.3, 0.4) is 0 Å². The number of carbonyl (C=O) groups excluding carboxylic acids is 1. The van der Waals surface area contributed by atoms with E-state index in [0.29, 0.717) is 12.0 Å². The summed E-state index contributed by atoms with van der Waals surface area (Å²) in [5, 5.41) is 4.00. The third-order valence-electron chi connectivity index (χ3n) is 3.68. The fourth-order valence-corrected chi connectivity index (χ4v) is 2.38. The van der Waals surface area contributed by atoms with Crippen LogP contribution in [0.1, 0.15) is 15.9 Å². The molecule has 0 unspecified atom stereocenters. The number of hydrogen-bond acceptors (Lipinski definition) is 2. The first-order valence-corrected chi connectivity index (χ1v) is 7.84. The van der Waals surface area contributed by atoms with Crippen molar-refractivity contribution in [3.8, 4) is 11.1 Å². The summed E-state index contributed by atoms with van der Waals surface area (Å²) in [6.45, 7) is 0. The van der Waals surface area contributed by atoms with Gasteiger partial charge in [-0.3, -0.25) is 4.79 Å². The minimum atomic E-state index is -0.209. The van der Waals surface area contributed by atoms with E-state index in [1.807, 2.05) is 84.9 Å². The van der Waals surface area contributed by atoms with Crippen LogP contribution in [-0.2, 0) is 6.42 Å². The average molecular weight is 314 g/mol. The lowest BCUT2D eigenvalue weighted by molar-refractivity contribution is 0.0955. The summed E-state index contributed by atoms with van der Waals surface area (Å²) in [6, 6.07) is 27.6. The van der Waals surface area contributed by atoms with E-state index in [2.05, 4.69) is 10.5 Å². The maximum atomic E-state index is 12.1. The van der Waals surface area contributed by atoms with Crippen LogP contribution in [0.2, 0.25) is 0 Å². The van der Waals surface area contributed by atoms with Crippen LogP contribution in [0, 0.1) is 0 Å². The number of nitrogens with one attached hydrogen (secondary N) is 1. The number of carbonyl (C=O) groups is 1. The van der Waals surface area contributed by atoms with Crippen molar-refractivity contribution in [2.24, 2.45) is 5.10 Å². The molecule has 0 aromatic heterocycles. The highest BCUT2D eigenvalue weighted by Crippen LogP contribution is 2.19. The minimum Gasteiger partial charge on any atom is -0.267 e. The van der Waals surface area contributed by atoms with Gasteiger partial charge in [0.05, 0.1) is 0 Å². The van der Waals surface area contributed by atoms with Crippen molar-refractivity contribution in [3.05, 3.63) is 96.1 Å². The van der Waals surface area contributed by atoms with Gasteiger partial charge in [0, 0.05) is 18.2 Å². The number of nitrogens with zero attached hydrogens (tertiary/aromatic N) is 1. The molecule has 24 heavy (non-hydrogen) atoms. The SMILES string of the molecule is O=C(N/N=C/Cc1ccccc1)c1ccc(-c2ccccc2)cc1. The van der Waals surface area contributed by atoms with Crippen molar-refractivity contribution in [1.82, 2.24) is 5.43 Å². The molecule has 0 radical (unpaired) electrons. The molecule has 0 aliphatic rings. The summed E-state index contributed by atoms with van der Waals surface area (Å²) >= 11 is 0. The van der Waals surface area contributed by atoms with Gasteiger partial charge in [-0.15, -0.1) is 0 Å². The van der Waals surface area contributed by atoms with Gasteiger partial charge < -0.3 is 0 Å². The van der Waals surface area contributed by atoms with E-state index >= 15 is 0 Å². The number of hydrazone groups is 1. The van der Waals surface area contributed by atoms with Crippen LogP contribution in [0.5, 0.6) is 0 Å². The molecule has 1 N–H and O–H groups in total. The van der Waals surface area contributed by atoms with Crippen molar-refractivity contribution in [3.63, 3.8) is 0 Å². The predicted molar refractivity (Wildman–Crippen MR) is 98.0 cm³/mol. The first kappa shape index (κ1) is 15.7. The zero-order chi connectivity index (χ0) is 16.6. The maximum Gasteiger partial charge on any atom is 0.271 e. The summed E-state index contributed by atoms with van der Waals surface area (Å²) in [6.07, 6.45) is 2.39. The molecule has 0 bridgehead atoms. The number of benzene rings is 3. The number of amides is 1. The second-order valence-corrected chi connectivity index (χ2v) is 5.39. The van der Waals surface area contributed by atoms with Gasteiger partial charge in [-0.1, -0.05) is 72.8 Å². The highest BCUT2D eigenvalue weighted by molar-refractivity contribution is 5.94. The largest absolute Gasteiger partial charge is 0.271 e. The lowest BCUT2D eigenvalue weighted by Crippen LogP contribution is -2.17. The van der Waals surface area contributed by atoms with Crippen LogP contribution >= 0.6 is 0 Å². The molecule has 3 aromatic rings. The first-order valence-electron chi connectivity index (χ1n) is 7.84. The first-order chi connectivity index (χ1) is 11.8. The second-order valence-electron chi connectivity index (χ2n) is 5.39. The van der Waals surface area contributed by atoms with E-state index < -0.39 is 0 Å². The van der Waals surface area contributed by atoms with E-state index in [-0.39, 0.29) is 5.91 Å². The Balaban J connectivity index is 1.57. The Labute approximate surface area is 141 Å². The normalized spacial score (nSPS) is 10.7. The van der Waals surface area contributed by atoms with Crippen LogP contribution < -0.4 is 5.43 Å². The summed E-state index contributed by atoms with van der Waals surface area (Å²) < 4.78 is 0. The fourth-order valence-electron chi connectivity index (χ4n) is 2.38. The van der Waals surface area contributed by atoms with E-state index in [0.717, 1.165) is 16.7 Å². The van der Waals surface area contributed by atoms with Crippen molar-refractivity contribution in [2.75, 3.05) is 0 Å². The van der Waals surface area contributed by atoms with Crippen molar-refractivity contribution in [2.45, 2.75) is 6.42 Å². The molecule has 3 nitrogen and oxygen atoms in total. The lowest BCUT2D eigenvalue weighted by atomic mass is 10.0. The molecule has 3 aromatic carbocycles. The standard InChI is InChI=1S/C21H18N2O/c24-21(23-22-16-15-17-7-3-1-4-8-17)20-13-11-19(12-14-20)18-9-5-2-6-10-18/h1-14,16H,15H2,(H,23,24)/b22-16+. The van der Waals surface area contributed by atoms with Crippen LogP contribution in [0.15, 0.2) is 90.0 Å². The molecule has 118 valence electrons. The summed E-state index contributed by atoms with van der Waals surface area (Å²) in [5.41, 5.74) is 6.52. The molecule has 0 aliphatic carbocycles. The van der Waals surface area contributed by atoms with Crippen LogP contribution in [0.4, 0.5) is 0 Å². The molecule has 0 saturated carbocycles. The zero-order valence-electron chi connectivity index (χ0n) is 13.2. The predicted octanol–water partition coefficient (Wildman–Crippen LogP) is 4.31. The van der Waals surface area contributed by atoms with Crippen LogP contribution in [-0.4, -0.2) is 12.1 Å². The second kappa shape index (κ2) is 7.88.